The molecule has 1 fully saturated rings. The summed E-state index contributed by atoms with van der Waals surface area (Å²) in [4.78, 5) is 34.1. The summed E-state index contributed by atoms with van der Waals surface area (Å²) >= 11 is 5.64. The number of aromatic nitrogens is 2. The number of hydrogen-bond acceptors (Lipinski definition) is 4. The average molecular weight is 395 g/mol. The smallest absolute Gasteiger partial charge is 0.254 e. The molecule has 142 valence electrons. The van der Waals surface area contributed by atoms with Crippen LogP contribution in [0.25, 0.3) is 0 Å². The van der Waals surface area contributed by atoms with E-state index in [-0.39, 0.29) is 35.5 Å². The molecular weight excluding hydrogens is 378 g/mol. The Hall–Kier alpha value is -2.61. The van der Waals surface area contributed by atoms with Crippen molar-refractivity contribution in [1.82, 2.24) is 14.9 Å². The predicted molar refractivity (Wildman–Crippen MR) is 95.7 cm³/mol. The van der Waals surface area contributed by atoms with Crippen LogP contribution < -0.4 is 5.32 Å². The third-order valence-corrected chi connectivity index (χ3v) is 4.42. The van der Waals surface area contributed by atoms with Gasteiger partial charge in [-0.15, -0.1) is 0 Å². The summed E-state index contributed by atoms with van der Waals surface area (Å²) in [7, 11) is 0. The molecule has 0 bridgehead atoms. The number of benzene rings is 1. The van der Waals surface area contributed by atoms with Gasteiger partial charge in [-0.3, -0.25) is 14.9 Å². The Morgan fingerprint density at radius 1 is 1.33 bits per heavy atom. The Morgan fingerprint density at radius 2 is 2.00 bits per heavy atom. The monoisotopic (exact) mass is 394 g/mol. The van der Waals surface area contributed by atoms with Gasteiger partial charge in [0, 0.05) is 30.4 Å². The first kappa shape index (κ1) is 19.2. The highest BCUT2D eigenvalue weighted by atomic mass is 35.5. The van der Waals surface area contributed by atoms with Gasteiger partial charge in [0.25, 0.3) is 5.91 Å². The van der Waals surface area contributed by atoms with Crippen molar-refractivity contribution in [3.8, 4) is 0 Å². The minimum Gasteiger partial charge on any atom is -0.329 e. The topological polar surface area (TPSA) is 75.2 Å². The van der Waals surface area contributed by atoms with E-state index in [9.17, 15) is 18.4 Å². The highest BCUT2D eigenvalue weighted by molar-refractivity contribution is 6.30. The SMILES string of the molecule is Cc1cnc(NC(=O)CN(CC2CC2F)C(=O)c2ccc(Cl)c(F)c2)nc1. The molecule has 2 amide bonds. The van der Waals surface area contributed by atoms with Crippen LogP contribution in [0.5, 0.6) is 0 Å². The lowest BCUT2D eigenvalue weighted by Gasteiger charge is -2.22. The van der Waals surface area contributed by atoms with Crippen molar-refractivity contribution < 1.29 is 18.4 Å². The van der Waals surface area contributed by atoms with Gasteiger partial charge in [0.15, 0.2) is 0 Å². The van der Waals surface area contributed by atoms with Crippen LogP contribution in [0.4, 0.5) is 14.7 Å². The predicted octanol–water partition coefficient (Wildman–Crippen LogP) is 3.02. The molecule has 3 rings (SSSR count). The number of amides is 2. The van der Waals surface area contributed by atoms with E-state index in [1.165, 1.54) is 17.0 Å². The van der Waals surface area contributed by atoms with Crippen molar-refractivity contribution in [2.24, 2.45) is 5.92 Å². The fourth-order valence-electron chi connectivity index (χ4n) is 2.51. The molecule has 0 spiro atoms. The Balaban J connectivity index is 1.72. The molecule has 1 N–H and O–H groups in total. The van der Waals surface area contributed by atoms with E-state index in [2.05, 4.69) is 15.3 Å². The van der Waals surface area contributed by atoms with E-state index in [1.807, 2.05) is 0 Å². The highest BCUT2D eigenvalue weighted by Crippen LogP contribution is 2.34. The van der Waals surface area contributed by atoms with Crippen LogP contribution in [0.2, 0.25) is 5.02 Å². The van der Waals surface area contributed by atoms with Crippen molar-refractivity contribution in [2.45, 2.75) is 19.5 Å². The summed E-state index contributed by atoms with van der Waals surface area (Å²) in [6, 6.07) is 3.62. The second-order valence-electron chi connectivity index (χ2n) is 6.46. The summed E-state index contributed by atoms with van der Waals surface area (Å²) < 4.78 is 27.0. The van der Waals surface area contributed by atoms with Crippen molar-refractivity contribution in [2.75, 3.05) is 18.4 Å². The van der Waals surface area contributed by atoms with Gasteiger partial charge in [0.1, 0.15) is 18.5 Å². The Bertz CT molecular complexity index is 863. The van der Waals surface area contributed by atoms with Gasteiger partial charge in [-0.05, 0) is 37.1 Å². The van der Waals surface area contributed by atoms with E-state index in [4.69, 9.17) is 11.6 Å². The summed E-state index contributed by atoms with van der Waals surface area (Å²) in [6.07, 6.45) is 2.42. The fraction of sp³-hybridized carbons (Fsp3) is 0.333. The van der Waals surface area contributed by atoms with Crippen LogP contribution in [0.15, 0.2) is 30.6 Å². The number of nitrogens with one attached hydrogen (secondary N) is 1. The lowest BCUT2D eigenvalue weighted by atomic mass is 10.2. The number of hydrogen-bond donors (Lipinski definition) is 1. The van der Waals surface area contributed by atoms with E-state index in [0.29, 0.717) is 6.42 Å². The number of carbonyl (C=O) groups excluding carboxylic acids is 2. The highest BCUT2D eigenvalue weighted by Gasteiger charge is 2.40. The summed E-state index contributed by atoms with van der Waals surface area (Å²) in [5, 5.41) is 2.37. The van der Waals surface area contributed by atoms with Crippen LogP contribution >= 0.6 is 11.6 Å². The van der Waals surface area contributed by atoms with E-state index in [0.717, 1.165) is 11.6 Å². The summed E-state index contributed by atoms with van der Waals surface area (Å²) in [5.41, 5.74) is 0.865. The Kier molecular flexibility index (Phi) is 5.65. The molecule has 1 aromatic carbocycles. The number of aryl methyl sites for hydroxylation is 1. The van der Waals surface area contributed by atoms with E-state index < -0.39 is 23.8 Å². The van der Waals surface area contributed by atoms with Crippen molar-refractivity contribution in [1.29, 1.82) is 0 Å². The van der Waals surface area contributed by atoms with Gasteiger partial charge >= 0.3 is 0 Å². The van der Waals surface area contributed by atoms with Crippen molar-refractivity contribution >= 4 is 29.4 Å². The molecule has 2 aromatic rings. The summed E-state index contributed by atoms with van der Waals surface area (Å²) in [5.74, 6) is -2.07. The molecule has 6 nitrogen and oxygen atoms in total. The zero-order valence-corrected chi connectivity index (χ0v) is 15.2. The van der Waals surface area contributed by atoms with Gasteiger partial charge in [-0.1, -0.05) is 11.6 Å². The van der Waals surface area contributed by atoms with Gasteiger partial charge < -0.3 is 4.90 Å². The average Bonchev–Trinajstić information content (AvgIpc) is 3.33. The second-order valence-corrected chi connectivity index (χ2v) is 6.87. The number of carbonyl (C=O) groups is 2. The number of alkyl halides is 1. The molecule has 27 heavy (non-hydrogen) atoms. The first-order chi connectivity index (χ1) is 12.8. The van der Waals surface area contributed by atoms with Crippen LogP contribution in [0.1, 0.15) is 22.3 Å². The van der Waals surface area contributed by atoms with Gasteiger partial charge in [-0.25, -0.2) is 18.7 Å². The molecule has 1 aliphatic carbocycles. The Labute approximate surface area is 159 Å². The standard InChI is InChI=1S/C18H17ClF2N4O2/c1-10-6-22-18(23-7-10)24-16(26)9-25(8-12-5-14(12)20)17(27)11-2-3-13(19)15(21)4-11/h2-4,6-7,12,14H,5,8-9H2,1H3,(H,22,23,24,26). The fourth-order valence-corrected chi connectivity index (χ4v) is 2.63. The zero-order chi connectivity index (χ0) is 19.6. The molecule has 1 saturated carbocycles. The molecule has 9 heteroatoms. The largest absolute Gasteiger partial charge is 0.329 e. The van der Waals surface area contributed by atoms with Gasteiger partial charge in [0.2, 0.25) is 11.9 Å². The third-order valence-electron chi connectivity index (χ3n) is 4.11. The van der Waals surface area contributed by atoms with E-state index >= 15 is 0 Å². The molecule has 0 radical (unpaired) electrons. The van der Waals surface area contributed by atoms with Crippen LogP contribution in [-0.2, 0) is 4.79 Å². The first-order valence-electron chi connectivity index (χ1n) is 8.30. The van der Waals surface area contributed by atoms with Gasteiger partial charge in [-0.2, -0.15) is 0 Å². The number of rotatable bonds is 6. The van der Waals surface area contributed by atoms with E-state index in [1.54, 1.807) is 19.3 Å². The Morgan fingerprint density at radius 3 is 2.59 bits per heavy atom. The van der Waals surface area contributed by atoms with Crippen LogP contribution in [0.3, 0.4) is 0 Å². The molecule has 0 aliphatic heterocycles. The zero-order valence-electron chi connectivity index (χ0n) is 14.5. The molecule has 1 aliphatic rings. The lowest BCUT2D eigenvalue weighted by molar-refractivity contribution is -0.117. The van der Waals surface area contributed by atoms with Crippen molar-refractivity contribution in [3.05, 3.63) is 52.6 Å². The molecule has 2 atom stereocenters. The first-order valence-corrected chi connectivity index (χ1v) is 8.68. The minimum atomic E-state index is -0.995. The minimum absolute atomic E-state index is 0.0346. The molecule has 2 unspecified atom stereocenters. The third kappa shape index (κ3) is 4.97. The maximum absolute atomic E-state index is 13.7. The maximum Gasteiger partial charge on any atom is 0.254 e. The molecule has 1 heterocycles. The van der Waals surface area contributed by atoms with Crippen LogP contribution in [0, 0.1) is 18.7 Å². The number of nitrogens with zero attached hydrogens (tertiary/aromatic N) is 3. The maximum atomic E-state index is 13.7. The van der Waals surface area contributed by atoms with Gasteiger partial charge in [0.05, 0.1) is 5.02 Å². The lowest BCUT2D eigenvalue weighted by Crippen LogP contribution is -2.39. The molecule has 0 saturated heterocycles. The molecule has 1 aromatic heterocycles. The van der Waals surface area contributed by atoms with Crippen molar-refractivity contribution in [3.63, 3.8) is 0 Å². The normalized spacial score (nSPS) is 18.1. The van der Waals surface area contributed by atoms with Crippen LogP contribution in [-0.4, -0.2) is 45.9 Å². The number of halogens is 3. The quantitative estimate of drug-likeness (QED) is 0.817. The second kappa shape index (κ2) is 7.96. The number of anilines is 1. The summed E-state index contributed by atoms with van der Waals surface area (Å²) in [6.45, 7) is 1.54. The molecular formula is C18H17ClF2N4O2.